The maximum absolute atomic E-state index is 5.79. The molecule has 0 bridgehead atoms. The Bertz CT molecular complexity index is 512. The van der Waals surface area contributed by atoms with Crippen molar-refractivity contribution in [3.63, 3.8) is 0 Å². The number of nitrogens with zero attached hydrogens (tertiary/aromatic N) is 2. The second-order valence-electron chi connectivity index (χ2n) is 5.14. The van der Waals surface area contributed by atoms with E-state index in [9.17, 15) is 0 Å². The Kier molecular flexibility index (Phi) is 5.99. The van der Waals surface area contributed by atoms with Gasteiger partial charge in [0.1, 0.15) is 5.01 Å². The first-order valence-electron chi connectivity index (χ1n) is 6.74. The smallest absolute Gasteiger partial charge is 0.124 e. The lowest BCUT2D eigenvalue weighted by atomic mass is 9.98. The van der Waals surface area contributed by atoms with Gasteiger partial charge < -0.3 is 5.73 Å². The van der Waals surface area contributed by atoms with E-state index >= 15 is 0 Å². The SMILES string of the molecule is Cl.NCC1CCCN(Cc2csc(-c3ccsc3)n2)C1. The number of nitrogens with two attached hydrogens (primary N) is 1. The van der Waals surface area contributed by atoms with Crippen LogP contribution in [0.2, 0.25) is 0 Å². The van der Waals surface area contributed by atoms with Gasteiger partial charge in [0, 0.05) is 29.4 Å². The average molecular weight is 330 g/mol. The second kappa shape index (κ2) is 7.52. The van der Waals surface area contributed by atoms with Crippen molar-refractivity contribution in [1.29, 1.82) is 0 Å². The summed E-state index contributed by atoms with van der Waals surface area (Å²) in [6.07, 6.45) is 2.55. The molecule has 0 saturated carbocycles. The number of piperidine rings is 1. The van der Waals surface area contributed by atoms with Crippen LogP contribution in [0.25, 0.3) is 10.6 Å². The molecule has 2 aromatic heterocycles. The van der Waals surface area contributed by atoms with E-state index < -0.39 is 0 Å². The number of thiazole rings is 1. The fraction of sp³-hybridized carbons (Fsp3) is 0.500. The van der Waals surface area contributed by atoms with Gasteiger partial charge in [-0.2, -0.15) is 11.3 Å². The normalized spacial score (nSPS) is 19.8. The van der Waals surface area contributed by atoms with Crippen molar-refractivity contribution >= 4 is 35.1 Å². The van der Waals surface area contributed by atoms with Crippen LogP contribution in [0, 0.1) is 5.92 Å². The zero-order valence-electron chi connectivity index (χ0n) is 11.3. The number of aromatic nitrogens is 1. The standard InChI is InChI=1S/C14H19N3S2.ClH/c15-6-11-2-1-4-17(7-11)8-13-10-19-14(16-13)12-3-5-18-9-12;/h3,5,9-11H,1-2,4,6-8,15H2;1H. The lowest BCUT2D eigenvalue weighted by molar-refractivity contribution is 0.169. The van der Waals surface area contributed by atoms with Crippen LogP contribution in [0.15, 0.2) is 22.2 Å². The third-order valence-corrected chi connectivity index (χ3v) is 5.27. The molecule has 1 aliphatic rings. The maximum Gasteiger partial charge on any atom is 0.124 e. The minimum atomic E-state index is 0. The van der Waals surface area contributed by atoms with Gasteiger partial charge in [0.15, 0.2) is 0 Å². The molecule has 2 aromatic rings. The lowest BCUT2D eigenvalue weighted by Gasteiger charge is -2.31. The fourth-order valence-electron chi connectivity index (χ4n) is 2.61. The molecule has 6 heteroatoms. The predicted octanol–water partition coefficient (Wildman–Crippen LogP) is 3.46. The van der Waals surface area contributed by atoms with E-state index in [1.807, 2.05) is 0 Å². The molecule has 1 fully saturated rings. The van der Waals surface area contributed by atoms with Crippen molar-refractivity contribution in [3.8, 4) is 10.6 Å². The second-order valence-corrected chi connectivity index (χ2v) is 6.77. The van der Waals surface area contributed by atoms with Crippen LogP contribution in [0.5, 0.6) is 0 Å². The molecule has 1 unspecified atom stereocenters. The van der Waals surface area contributed by atoms with Crippen molar-refractivity contribution < 1.29 is 0 Å². The van der Waals surface area contributed by atoms with Crippen molar-refractivity contribution in [2.75, 3.05) is 19.6 Å². The molecule has 3 heterocycles. The van der Waals surface area contributed by atoms with Crippen LogP contribution in [0.4, 0.5) is 0 Å². The van der Waals surface area contributed by atoms with Gasteiger partial charge in [0.2, 0.25) is 0 Å². The quantitative estimate of drug-likeness (QED) is 0.934. The summed E-state index contributed by atoms with van der Waals surface area (Å²) < 4.78 is 0. The first-order chi connectivity index (χ1) is 9.35. The first kappa shape index (κ1) is 15.9. The van der Waals surface area contributed by atoms with E-state index in [4.69, 9.17) is 10.7 Å². The monoisotopic (exact) mass is 329 g/mol. The topological polar surface area (TPSA) is 42.1 Å². The Morgan fingerprint density at radius 1 is 1.40 bits per heavy atom. The highest BCUT2D eigenvalue weighted by Crippen LogP contribution is 2.26. The Hall–Kier alpha value is -0.460. The molecule has 1 saturated heterocycles. The first-order valence-corrected chi connectivity index (χ1v) is 8.57. The molecule has 1 atom stereocenters. The summed E-state index contributed by atoms with van der Waals surface area (Å²) in [4.78, 5) is 7.24. The minimum Gasteiger partial charge on any atom is -0.330 e. The summed E-state index contributed by atoms with van der Waals surface area (Å²) in [7, 11) is 0. The summed E-state index contributed by atoms with van der Waals surface area (Å²) in [5.41, 5.74) is 8.24. The largest absolute Gasteiger partial charge is 0.330 e. The third-order valence-electron chi connectivity index (χ3n) is 3.64. The van der Waals surface area contributed by atoms with Crippen LogP contribution in [-0.2, 0) is 6.54 Å². The summed E-state index contributed by atoms with van der Waals surface area (Å²) in [6.45, 7) is 4.09. The van der Waals surface area contributed by atoms with Crippen molar-refractivity contribution in [3.05, 3.63) is 27.9 Å². The predicted molar refractivity (Wildman–Crippen MR) is 89.7 cm³/mol. The van der Waals surface area contributed by atoms with Gasteiger partial charge in [-0.1, -0.05) is 0 Å². The Labute approximate surface area is 134 Å². The zero-order chi connectivity index (χ0) is 13.1. The molecule has 3 nitrogen and oxygen atoms in total. The van der Waals surface area contributed by atoms with E-state index in [1.165, 1.54) is 30.6 Å². The highest BCUT2D eigenvalue weighted by atomic mass is 35.5. The molecule has 2 N–H and O–H groups in total. The Morgan fingerprint density at radius 2 is 2.30 bits per heavy atom. The molecule has 0 amide bonds. The van der Waals surface area contributed by atoms with E-state index in [0.717, 1.165) is 24.6 Å². The molecular formula is C14H20ClN3S2. The van der Waals surface area contributed by atoms with E-state index in [1.54, 1.807) is 22.7 Å². The van der Waals surface area contributed by atoms with Gasteiger partial charge in [0.05, 0.1) is 5.69 Å². The van der Waals surface area contributed by atoms with Crippen LogP contribution < -0.4 is 5.73 Å². The number of rotatable bonds is 4. The Morgan fingerprint density at radius 3 is 3.05 bits per heavy atom. The van der Waals surface area contributed by atoms with Gasteiger partial charge in [-0.3, -0.25) is 4.90 Å². The Balaban J connectivity index is 0.00000147. The van der Waals surface area contributed by atoms with Gasteiger partial charge in [-0.15, -0.1) is 23.7 Å². The molecule has 20 heavy (non-hydrogen) atoms. The third kappa shape index (κ3) is 3.80. The molecular weight excluding hydrogens is 310 g/mol. The zero-order valence-corrected chi connectivity index (χ0v) is 13.8. The molecule has 0 aliphatic carbocycles. The summed E-state index contributed by atoms with van der Waals surface area (Å²) in [6, 6.07) is 2.14. The highest BCUT2D eigenvalue weighted by Gasteiger charge is 2.19. The molecule has 0 aromatic carbocycles. The number of halogens is 1. The molecule has 1 aliphatic heterocycles. The minimum absolute atomic E-state index is 0. The summed E-state index contributed by atoms with van der Waals surface area (Å²) >= 11 is 3.47. The fourth-order valence-corrected chi connectivity index (χ4v) is 4.14. The number of hydrogen-bond donors (Lipinski definition) is 1. The maximum atomic E-state index is 5.79. The molecule has 0 radical (unpaired) electrons. The van der Waals surface area contributed by atoms with Gasteiger partial charge >= 0.3 is 0 Å². The molecule has 110 valence electrons. The number of likely N-dealkylation sites (tertiary alicyclic amines) is 1. The lowest BCUT2D eigenvalue weighted by Crippen LogP contribution is -2.37. The van der Waals surface area contributed by atoms with Crippen LogP contribution in [0.1, 0.15) is 18.5 Å². The van der Waals surface area contributed by atoms with E-state index in [2.05, 4.69) is 27.1 Å². The van der Waals surface area contributed by atoms with Crippen molar-refractivity contribution in [1.82, 2.24) is 9.88 Å². The van der Waals surface area contributed by atoms with Gasteiger partial charge in [-0.05, 0) is 43.3 Å². The average Bonchev–Trinajstić information content (AvgIpc) is 3.09. The van der Waals surface area contributed by atoms with Crippen LogP contribution >= 0.6 is 35.1 Å². The van der Waals surface area contributed by atoms with Gasteiger partial charge in [0.25, 0.3) is 0 Å². The molecule has 3 rings (SSSR count). The number of hydrogen-bond acceptors (Lipinski definition) is 5. The summed E-state index contributed by atoms with van der Waals surface area (Å²) in [5.74, 6) is 0.670. The summed E-state index contributed by atoms with van der Waals surface area (Å²) in [5, 5.41) is 7.60. The van der Waals surface area contributed by atoms with Crippen molar-refractivity contribution in [2.24, 2.45) is 11.7 Å². The van der Waals surface area contributed by atoms with E-state index in [0.29, 0.717) is 5.92 Å². The van der Waals surface area contributed by atoms with Crippen LogP contribution in [0.3, 0.4) is 0 Å². The highest BCUT2D eigenvalue weighted by molar-refractivity contribution is 7.14. The van der Waals surface area contributed by atoms with E-state index in [-0.39, 0.29) is 12.4 Å². The molecule has 0 spiro atoms. The van der Waals surface area contributed by atoms with Gasteiger partial charge in [-0.25, -0.2) is 4.98 Å². The van der Waals surface area contributed by atoms with Crippen molar-refractivity contribution in [2.45, 2.75) is 19.4 Å². The number of thiophene rings is 1. The van der Waals surface area contributed by atoms with Crippen LogP contribution in [-0.4, -0.2) is 29.5 Å².